The molecule has 0 unspecified atom stereocenters. The van der Waals surface area contributed by atoms with Crippen molar-refractivity contribution < 1.29 is 9.47 Å². The summed E-state index contributed by atoms with van der Waals surface area (Å²) in [7, 11) is 1.72. The quantitative estimate of drug-likeness (QED) is 0.170. The molecular weight excluding hydrogens is 589 g/mol. The Morgan fingerprint density at radius 1 is 0.558 bits per heavy atom. The van der Waals surface area contributed by atoms with E-state index in [-0.39, 0.29) is 5.41 Å². The second kappa shape index (κ2) is 14.9. The van der Waals surface area contributed by atoms with Crippen LogP contribution in [0.4, 0.5) is 0 Å². The van der Waals surface area contributed by atoms with Crippen LogP contribution in [0.25, 0.3) is 0 Å². The molecule has 6 heteroatoms. The van der Waals surface area contributed by atoms with E-state index < -0.39 is 26.4 Å². The first-order valence-electron chi connectivity index (χ1n) is 15.3. The number of rotatable bonds is 13. The summed E-state index contributed by atoms with van der Waals surface area (Å²) in [4.78, 5) is 0. The highest BCUT2D eigenvalue weighted by Crippen LogP contribution is 2.32. The number of ether oxygens (including phenoxy) is 2. The first-order valence-corrected chi connectivity index (χ1v) is 23.3. The van der Waals surface area contributed by atoms with Gasteiger partial charge < -0.3 is 9.47 Å². The minimum atomic E-state index is -0.769. The number of benzene rings is 4. The third-order valence-corrected chi connectivity index (χ3v) is 12.9. The van der Waals surface area contributed by atoms with Gasteiger partial charge in [0.15, 0.2) is 0 Å². The zero-order valence-corrected chi connectivity index (χ0v) is 31.2. The lowest BCUT2D eigenvalue weighted by Crippen LogP contribution is -2.39. The fourth-order valence-corrected chi connectivity index (χ4v) is 9.33. The van der Waals surface area contributed by atoms with Crippen LogP contribution in [-0.4, -0.2) is 49.8 Å². The van der Waals surface area contributed by atoms with Gasteiger partial charge in [0, 0.05) is 18.3 Å². The second-order valence-corrected chi connectivity index (χ2v) is 20.7. The van der Waals surface area contributed by atoms with Gasteiger partial charge in [0.05, 0.1) is 49.8 Å². The molecule has 0 aliphatic rings. The molecule has 0 N–H and O–H groups in total. The lowest BCUT2D eigenvalue weighted by atomic mass is 9.78. The van der Waals surface area contributed by atoms with Crippen LogP contribution in [0.1, 0.15) is 36.1 Å². The van der Waals surface area contributed by atoms with E-state index >= 15 is 0 Å². The summed E-state index contributed by atoms with van der Waals surface area (Å²) >= 11 is 0. The largest absolute Gasteiger partial charge is 0.494 e. The van der Waals surface area contributed by atoms with Crippen molar-refractivity contribution in [3.8, 4) is 11.5 Å². The molecule has 0 atom stereocenters. The predicted molar refractivity (Wildman–Crippen MR) is 193 cm³/mol. The predicted octanol–water partition coefficient (Wildman–Crippen LogP) is 5.93. The van der Waals surface area contributed by atoms with Crippen LogP contribution in [-0.2, 0) is 18.3 Å². The molecule has 0 spiro atoms. The summed E-state index contributed by atoms with van der Waals surface area (Å²) in [5, 5.41) is 5.23. The summed E-state index contributed by atoms with van der Waals surface area (Å²) in [6.07, 6.45) is 1.82. The topological polar surface area (TPSA) is 18.5 Å². The first-order chi connectivity index (χ1) is 20.5. The van der Waals surface area contributed by atoms with E-state index in [0.717, 1.165) is 29.5 Å². The van der Waals surface area contributed by atoms with Crippen LogP contribution in [0, 0.1) is 0 Å². The molecule has 43 heavy (non-hydrogen) atoms. The highest BCUT2D eigenvalue weighted by atomic mass is 28.3. The van der Waals surface area contributed by atoms with Gasteiger partial charge in [-0.05, 0) is 43.0 Å². The van der Waals surface area contributed by atoms with Crippen molar-refractivity contribution in [2.45, 2.75) is 71.4 Å². The summed E-state index contributed by atoms with van der Waals surface area (Å²) < 4.78 is 13.1. The number of hydrogen-bond acceptors (Lipinski definition) is 2. The standard InChI is InChI=1S/C37H46O2Si4/c1-37(2,29-23-31(40)35(32(24-29)41(3)4)38-21-19-27-15-11-9-12-16-27)30-25-33(42(5)6)36(34(26-30)43(7)8)39-22-20-28-17-13-10-14-18-28/h9-18,23-26H,19-22H2,1-8H3. The average Bonchev–Trinajstić information content (AvgIpc) is 2.98. The fourth-order valence-electron chi connectivity index (χ4n) is 5.40. The van der Waals surface area contributed by atoms with E-state index in [0.29, 0.717) is 13.2 Å². The van der Waals surface area contributed by atoms with Crippen molar-refractivity contribution in [1.82, 2.24) is 0 Å². The molecule has 4 rings (SSSR count). The Kier molecular flexibility index (Phi) is 11.5. The Bertz CT molecular complexity index is 1450. The molecule has 0 saturated heterocycles. The lowest BCUT2D eigenvalue weighted by Gasteiger charge is -2.31. The summed E-state index contributed by atoms with van der Waals surface area (Å²) in [5.41, 5.74) is 5.15. The van der Waals surface area contributed by atoms with Gasteiger partial charge in [-0.15, -0.1) is 0 Å². The fraction of sp³-hybridized carbons (Fsp3) is 0.351. The third-order valence-electron chi connectivity index (χ3n) is 8.20. The SMILES string of the molecule is C[Si](C)c1cc(C(C)(C)c2cc([Si](C)C)c(OCCc3ccccc3)c([Si](C)C)c2)cc([Si])c1OCCc1ccccc1. The van der Waals surface area contributed by atoms with Crippen LogP contribution in [0.5, 0.6) is 11.5 Å². The minimum Gasteiger partial charge on any atom is -0.494 e. The average molecular weight is 635 g/mol. The minimum absolute atomic E-state index is 0.170. The molecular formula is C37H46O2Si4. The Labute approximate surface area is 269 Å². The monoisotopic (exact) mass is 634 g/mol. The van der Waals surface area contributed by atoms with Crippen molar-refractivity contribution in [2.24, 2.45) is 0 Å². The lowest BCUT2D eigenvalue weighted by molar-refractivity contribution is 0.326. The molecule has 4 aromatic rings. The highest BCUT2D eigenvalue weighted by Gasteiger charge is 2.29. The molecule has 0 saturated carbocycles. The zero-order chi connectivity index (χ0) is 31.1. The maximum Gasteiger partial charge on any atom is 0.117 e. The summed E-state index contributed by atoms with van der Waals surface area (Å²) in [6, 6.07) is 30.9. The smallest absolute Gasteiger partial charge is 0.117 e. The van der Waals surface area contributed by atoms with Crippen molar-refractivity contribution in [3.63, 3.8) is 0 Å². The van der Waals surface area contributed by atoms with Crippen LogP contribution in [0.2, 0.25) is 39.3 Å². The van der Waals surface area contributed by atoms with Crippen molar-refractivity contribution in [3.05, 3.63) is 107 Å². The van der Waals surface area contributed by atoms with Crippen molar-refractivity contribution in [1.29, 1.82) is 0 Å². The molecule has 0 aliphatic carbocycles. The molecule has 0 amide bonds. The van der Waals surface area contributed by atoms with Crippen LogP contribution >= 0.6 is 0 Å². The second-order valence-electron chi connectivity index (χ2n) is 12.6. The van der Waals surface area contributed by atoms with Crippen LogP contribution < -0.4 is 30.2 Å². The first kappa shape index (κ1) is 33.2. The summed E-state index contributed by atoms with van der Waals surface area (Å²) in [6.45, 7) is 20.4. The van der Waals surface area contributed by atoms with E-state index in [9.17, 15) is 0 Å². The Morgan fingerprint density at radius 2 is 0.930 bits per heavy atom. The molecule has 0 aliphatic heterocycles. The van der Waals surface area contributed by atoms with Gasteiger partial charge in [0.1, 0.15) is 11.5 Å². The number of hydrogen-bond donors (Lipinski definition) is 0. The third kappa shape index (κ3) is 8.29. The van der Waals surface area contributed by atoms with Gasteiger partial charge in [-0.2, -0.15) is 0 Å². The van der Waals surface area contributed by atoms with E-state index in [4.69, 9.17) is 9.47 Å². The maximum absolute atomic E-state index is 6.65. The summed E-state index contributed by atoms with van der Waals surface area (Å²) in [5.74, 6) is 2.17. The van der Waals surface area contributed by atoms with Gasteiger partial charge in [-0.1, -0.05) is 138 Å². The molecule has 0 fully saturated rings. The van der Waals surface area contributed by atoms with Crippen molar-refractivity contribution >= 4 is 57.4 Å². The zero-order valence-electron chi connectivity index (χ0n) is 27.2. The molecule has 2 nitrogen and oxygen atoms in total. The van der Waals surface area contributed by atoms with Gasteiger partial charge in [-0.25, -0.2) is 0 Å². The molecule has 0 bridgehead atoms. The van der Waals surface area contributed by atoms with E-state index in [1.165, 1.54) is 37.8 Å². The molecule has 4 aromatic carbocycles. The van der Waals surface area contributed by atoms with E-state index in [1.54, 1.807) is 0 Å². The molecule has 6 radical (unpaired) electrons. The Hall–Kier alpha value is -2.65. The van der Waals surface area contributed by atoms with Gasteiger partial charge in [-0.3, -0.25) is 0 Å². The Balaban J connectivity index is 1.66. The normalized spacial score (nSPS) is 11.9. The maximum atomic E-state index is 6.65. The Morgan fingerprint density at radius 3 is 1.35 bits per heavy atom. The molecule has 0 aromatic heterocycles. The van der Waals surface area contributed by atoms with Gasteiger partial charge in [0.2, 0.25) is 0 Å². The van der Waals surface area contributed by atoms with Crippen molar-refractivity contribution in [2.75, 3.05) is 13.2 Å². The van der Waals surface area contributed by atoms with Crippen LogP contribution in [0.3, 0.4) is 0 Å². The van der Waals surface area contributed by atoms with Gasteiger partial charge in [0.25, 0.3) is 0 Å². The van der Waals surface area contributed by atoms with Crippen LogP contribution in [0.15, 0.2) is 84.9 Å². The van der Waals surface area contributed by atoms with E-state index in [1.807, 2.05) is 0 Å². The highest BCUT2D eigenvalue weighted by molar-refractivity contribution is 6.76. The van der Waals surface area contributed by atoms with Gasteiger partial charge >= 0.3 is 0 Å². The molecule has 0 heterocycles. The molecule has 222 valence electrons. The van der Waals surface area contributed by atoms with E-state index in [2.05, 4.69) is 148 Å².